The summed E-state index contributed by atoms with van der Waals surface area (Å²) in [6.07, 6.45) is 5.81. The maximum atomic E-state index is 5.55. The van der Waals surface area contributed by atoms with Crippen molar-refractivity contribution in [3.63, 3.8) is 0 Å². The molecule has 1 heterocycles. The molecule has 0 aliphatic heterocycles. The van der Waals surface area contributed by atoms with Crippen LogP contribution in [0.25, 0.3) is 10.9 Å². The molecule has 2 rings (SSSR count). The highest BCUT2D eigenvalue weighted by atomic mass is 35.5. The Morgan fingerprint density at radius 2 is 2.06 bits per heavy atom. The number of alkyl halides is 1. The molecule has 0 atom stereocenters. The first kappa shape index (κ1) is 12.1. The van der Waals surface area contributed by atoms with Crippen LogP contribution in [-0.4, -0.2) is 17.4 Å². The van der Waals surface area contributed by atoms with Crippen LogP contribution in [0.4, 0.5) is 0 Å². The number of hydrogen-bond acceptors (Lipinski definition) is 2. The molecule has 0 aliphatic rings. The van der Waals surface area contributed by atoms with Crippen molar-refractivity contribution in [2.45, 2.75) is 6.54 Å². The van der Waals surface area contributed by atoms with E-state index in [-0.39, 0.29) is 0 Å². The van der Waals surface area contributed by atoms with Crippen molar-refractivity contribution in [2.75, 3.05) is 12.4 Å². The van der Waals surface area contributed by atoms with Crippen molar-refractivity contribution in [2.24, 2.45) is 0 Å². The largest absolute Gasteiger partial charge is 0.309 e. The third kappa shape index (κ3) is 3.29. The van der Waals surface area contributed by atoms with E-state index in [1.165, 1.54) is 10.9 Å². The molecular weight excluding hydrogens is 232 g/mol. The van der Waals surface area contributed by atoms with Crippen molar-refractivity contribution in [1.82, 2.24) is 10.3 Å². The predicted octanol–water partition coefficient (Wildman–Crippen LogP) is 3.12. The van der Waals surface area contributed by atoms with Crippen LogP contribution in [0.5, 0.6) is 0 Å². The van der Waals surface area contributed by atoms with E-state index < -0.39 is 0 Å². The minimum Gasteiger partial charge on any atom is -0.309 e. The Bertz CT molecular complexity index is 503. The van der Waals surface area contributed by atoms with Gasteiger partial charge in [0, 0.05) is 30.6 Å². The van der Waals surface area contributed by atoms with Gasteiger partial charge >= 0.3 is 0 Å². The Hall–Kier alpha value is -1.38. The molecule has 1 aromatic carbocycles. The van der Waals surface area contributed by atoms with Gasteiger partial charge in [0.1, 0.15) is 0 Å². The molecule has 0 aliphatic carbocycles. The van der Waals surface area contributed by atoms with Crippen molar-refractivity contribution < 1.29 is 0 Å². The molecule has 1 N–H and O–H groups in total. The smallest absolute Gasteiger partial charge is 0.0746 e. The second-order valence-corrected chi connectivity index (χ2v) is 4.06. The van der Waals surface area contributed by atoms with Crippen LogP contribution in [0, 0.1) is 0 Å². The van der Waals surface area contributed by atoms with Crippen LogP contribution < -0.4 is 5.32 Å². The average Bonchev–Trinajstić information content (AvgIpc) is 2.39. The monoisotopic (exact) mass is 246 g/mol. The van der Waals surface area contributed by atoms with Gasteiger partial charge in [-0.05, 0) is 11.6 Å². The molecule has 0 spiro atoms. The third-order valence-corrected chi connectivity index (χ3v) is 2.73. The average molecular weight is 247 g/mol. The van der Waals surface area contributed by atoms with Crippen LogP contribution in [-0.2, 0) is 6.54 Å². The van der Waals surface area contributed by atoms with Crippen LogP contribution in [0.15, 0.2) is 48.7 Å². The lowest BCUT2D eigenvalue weighted by molar-refractivity contribution is 0.762. The molecule has 0 saturated carbocycles. The Morgan fingerprint density at radius 1 is 1.18 bits per heavy atom. The summed E-state index contributed by atoms with van der Waals surface area (Å²) in [5.74, 6) is 0.567. The summed E-state index contributed by atoms with van der Waals surface area (Å²) < 4.78 is 0. The van der Waals surface area contributed by atoms with E-state index in [4.69, 9.17) is 11.6 Å². The van der Waals surface area contributed by atoms with Crippen LogP contribution in [0.3, 0.4) is 0 Å². The van der Waals surface area contributed by atoms with E-state index in [0.717, 1.165) is 18.6 Å². The molecule has 2 nitrogen and oxygen atoms in total. The van der Waals surface area contributed by atoms with E-state index >= 15 is 0 Å². The Morgan fingerprint density at radius 3 is 2.94 bits per heavy atom. The van der Waals surface area contributed by atoms with Gasteiger partial charge in [-0.25, -0.2) is 0 Å². The lowest BCUT2D eigenvalue weighted by atomic mass is 10.1. The number of fused-ring (bicyclic) bond motifs is 1. The number of allylic oxidation sites excluding steroid dienone is 1. The van der Waals surface area contributed by atoms with E-state index in [1.54, 1.807) is 0 Å². The zero-order valence-corrected chi connectivity index (χ0v) is 10.3. The molecule has 0 fully saturated rings. The summed E-state index contributed by atoms with van der Waals surface area (Å²) in [5, 5.41) is 4.53. The number of nitrogens with zero attached hydrogens (tertiary/aromatic N) is 1. The lowest BCUT2D eigenvalue weighted by Gasteiger charge is -2.05. The zero-order valence-electron chi connectivity index (χ0n) is 9.57. The number of nitrogens with one attached hydrogen (secondary N) is 1. The van der Waals surface area contributed by atoms with Crippen LogP contribution >= 0.6 is 11.6 Å². The lowest BCUT2D eigenvalue weighted by Crippen LogP contribution is -2.13. The minimum atomic E-state index is 0.567. The molecule has 0 amide bonds. The normalized spacial score (nSPS) is 11.4. The number of pyridine rings is 1. The summed E-state index contributed by atoms with van der Waals surface area (Å²) in [6, 6.07) is 10.3. The Labute approximate surface area is 106 Å². The van der Waals surface area contributed by atoms with Gasteiger partial charge < -0.3 is 5.32 Å². The topological polar surface area (TPSA) is 24.9 Å². The van der Waals surface area contributed by atoms with Gasteiger partial charge in [0.2, 0.25) is 0 Å². The van der Waals surface area contributed by atoms with E-state index in [9.17, 15) is 0 Å². The highest BCUT2D eigenvalue weighted by molar-refractivity contribution is 6.18. The first-order chi connectivity index (χ1) is 8.42. The number of benzene rings is 1. The molecule has 2 aromatic rings. The number of aromatic nitrogens is 1. The fraction of sp³-hybridized carbons (Fsp3) is 0.214. The fourth-order valence-corrected chi connectivity index (χ4v) is 1.87. The summed E-state index contributed by atoms with van der Waals surface area (Å²) in [4.78, 5) is 4.42. The van der Waals surface area contributed by atoms with Gasteiger partial charge in [0.15, 0.2) is 0 Å². The molecule has 1 aromatic heterocycles. The number of rotatable bonds is 5. The van der Waals surface area contributed by atoms with E-state index in [1.807, 2.05) is 24.4 Å². The highest BCUT2D eigenvalue weighted by Gasteiger charge is 1.99. The van der Waals surface area contributed by atoms with Crippen LogP contribution in [0.2, 0.25) is 0 Å². The first-order valence-corrected chi connectivity index (χ1v) is 6.19. The second-order valence-electron chi connectivity index (χ2n) is 3.75. The number of halogens is 1. The Kier molecular flexibility index (Phi) is 4.54. The third-order valence-electron chi connectivity index (χ3n) is 2.55. The molecule has 3 heteroatoms. The standard InChI is InChI=1S/C14H15ClN2/c15-8-1-2-9-16-11-13-6-3-5-12-7-4-10-17-14(12)13/h1-7,10,16H,8-9,11H2/b2-1+. The van der Waals surface area contributed by atoms with Gasteiger partial charge in [-0.1, -0.05) is 36.4 Å². The van der Waals surface area contributed by atoms with E-state index in [2.05, 4.69) is 34.6 Å². The maximum Gasteiger partial charge on any atom is 0.0746 e. The van der Waals surface area contributed by atoms with Crippen LogP contribution in [0.1, 0.15) is 5.56 Å². The molecule has 0 radical (unpaired) electrons. The molecule has 17 heavy (non-hydrogen) atoms. The zero-order chi connectivity index (χ0) is 11.9. The molecule has 88 valence electrons. The van der Waals surface area contributed by atoms with Gasteiger partial charge in [0.25, 0.3) is 0 Å². The fourth-order valence-electron chi connectivity index (χ4n) is 1.75. The second kappa shape index (κ2) is 6.38. The van der Waals surface area contributed by atoms with Crippen molar-refractivity contribution >= 4 is 22.5 Å². The Balaban J connectivity index is 2.05. The maximum absolute atomic E-state index is 5.55. The number of para-hydroxylation sites is 1. The first-order valence-electron chi connectivity index (χ1n) is 5.66. The predicted molar refractivity (Wildman–Crippen MR) is 73.3 cm³/mol. The highest BCUT2D eigenvalue weighted by Crippen LogP contribution is 2.15. The van der Waals surface area contributed by atoms with Crippen molar-refractivity contribution in [3.8, 4) is 0 Å². The SMILES string of the molecule is ClC/C=C/CNCc1cccc2cccnc12. The van der Waals surface area contributed by atoms with Gasteiger partial charge in [-0.2, -0.15) is 0 Å². The van der Waals surface area contributed by atoms with Crippen molar-refractivity contribution in [3.05, 3.63) is 54.2 Å². The summed E-state index contributed by atoms with van der Waals surface area (Å²) in [5.41, 5.74) is 2.30. The summed E-state index contributed by atoms with van der Waals surface area (Å²) >= 11 is 5.55. The minimum absolute atomic E-state index is 0.567. The van der Waals surface area contributed by atoms with Gasteiger partial charge in [-0.3, -0.25) is 4.98 Å². The van der Waals surface area contributed by atoms with Gasteiger partial charge in [-0.15, -0.1) is 11.6 Å². The molecule has 0 saturated heterocycles. The quantitative estimate of drug-likeness (QED) is 0.498. The van der Waals surface area contributed by atoms with E-state index in [0.29, 0.717) is 5.88 Å². The number of hydrogen-bond donors (Lipinski definition) is 1. The summed E-state index contributed by atoms with van der Waals surface area (Å²) in [7, 11) is 0. The van der Waals surface area contributed by atoms with Crippen molar-refractivity contribution in [1.29, 1.82) is 0 Å². The molecule has 0 unspecified atom stereocenters. The molecule has 0 bridgehead atoms. The molecular formula is C14H15ClN2. The summed E-state index contributed by atoms with van der Waals surface area (Å²) in [6.45, 7) is 1.65. The van der Waals surface area contributed by atoms with Gasteiger partial charge in [0.05, 0.1) is 5.52 Å².